The van der Waals surface area contributed by atoms with Gasteiger partial charge in [0.1, 0.15) is 0 Å². The fourth-order valence-corrected chi connectivity index (χ4v) is 1.73. The van der Waals surface area contributed by atoms with E-state index in [0.29, 0.717) is 0 Å². The summed E-state index contributed by atoms with van der Waals surface area (Å²) >= 11 is 0. The largest absolute Gasteiger partial charge is 0.356 e. The van der Waals surface area contributed by atoms with Crippen LogP contribution in [0, 0.1) is 0 Å². The molecular formula is C13H17N3. The van der Waals surface area contributed by atoms with E-state index in [1.165, 1.54) is 5.56 Å². The first kappa shape index (κ1) is 10.7. The van der Waals surface area contributed by atoms with Crippen molar-refractivity contribution in [3.63, 3.8) is 0 Å². The number of aryl methyl sites for hydroxylation is 1. The number of benzene rings is 1. The van der Waals surface area contributed by atoms with Crippen LogP contribution in [-0.4, -0.2) is 16.1 Å². The van der Waals surface area contributed by atoms with E-state index >= 15 is 0 Å². The van der Waals surface area contributed by atoms with Gasteiger partial charge in [-0.1, -0.05) is 19.1 Å². The second-order valence-electron chi connectivity index (χ2n) is 3.67. The van der Waals surface area contributed by atoms with Gasteiger partial charge in [-0.05, 0) is 31.0 Å². The summed E-state index contributed by atoms with van der Waals surface area (Å²) in [7, 11) is 0. The maximum absolute atomic E-state index is 4.29. The summed E-state index contributed by atoms with van der Waals surface area (Å²) in [5, 5.41) is 3.24. The molecule has 1 N–H and O–H groups in total. The molecule has 0 saturated heterocycles. The molecule has 2 aromatic rings. The molecule has 0 atom stereocenters. The first-order chi connectivity index (χ1) is 7.85. The fourth-order valence-electron chi connectivity index (χ4n) is 1.73. The van der Waals surface area contributed by atoms with Gasteiger partial charge in [0.2, 0.25) is 5.95 Å². The Labute approximate surface area is 96.1 Å². The zero-order valence-corrected chi connectivity index (χ0v) is 9.77. The normalized spacial score (nSPS) is 10.4. The van der Waals surface area contributed by atoms with E-state index in [0.717, 1.165) is 24.6 Å². The van der Waals surface area contributed by atoms with Crippen molar-refractivity contribution >= 4 is 5.95 Å². The van der Waals surface area contributed by atoms with Crippen molar-refractivity contribution in [1.82, 2.24) is 9.55 Å². The molecule has 0 bridgehead atoms. The number of hydrogen-bond acceptors (Lipinski definition) is 2. The minimum absolute atomic E-state index is 0.879. The molecule has 0 aliphatic carbocycles. The Bertz CT molecular complexity index is 460. The Morgan fingerprint density at radius 3 is 2.94 bits per heavy atom. The summed E-state index contributed by atoms with van der Waals surface area (Å²) in [5.41, 5.74) is 2.50. The molecule has 0 aliphatic heterocycles. The number of nitrogens with one attached hydrogen (secondary N) is 1. The number of aromatic nitrogens is 2. The van der Waals surface area contributed by atoms with E-state index in [4.69, 9.17) is 0 Å². The Morgan fingerprint density at radius 1 is 1.31 bits per heavy atom. The molecule has 1 aromatic carbocycles. The Morgan fingerprint density at radius 2 is 2.19 bits per heavy atom. The number of hydrogen-bond donors (Lipinski definition) is 1. The number of imidazole rings is 1. The highest BCUT2D eigenvalue weighted by Gasteiger charge is 2.03. The first-order valence-electron chi connectivity index (χ1n) is 5.71. The maximum atomic E-state index is 4.29. The summed E-state index contributed by atoms with van der Waals surface area (Å²) in [5.74, 6) is 0.899. The Balaban J connectivity index is 2.37. The highest BCUT2D eigenvalue weighted by atomic mass is 15.2. The van der Waals surface area contributed by atoms with E-state index in [1.807, 2.05) is 12.4 Å². The van der Waals surface area contributed by atoms with Crippen LogP contribution in [0.15, 0.2) is 36.7 Å². The van der Waals surface area contributed by atoms with Crippen molar-refractivity contribution in [2.45, 2.75) is 20.3 Å². The van der Waals surface area contributed by atoms with Crippen LogP contribution < -0.4 is 5.32 Å². The third-order valence-corrected chi connectivity index (χ3v) is 2.57. The average molecular weight is 215 g/mol. The second-order valence-corrected chi connectivity index (χ2v) is 3.67. The molecule has 0 amide bonds. The third kappa shape index (κ3) is 2.08. The number of rotatable bonds is 4. The van der Waals surface area contributed by atoms with E-state index in [-0.39, 0.29) is 0 Å². The monoisotopic (exact) mass is 215 g/mol. The lowest BCUT2D eigenvalue weighted by Crippen LogP contribution is -2.05. The molecular weight excluding hydrogens is 198 g/mol. The lowest BCUT2D eigenvalue weighted by molar-refractivity contribution is 1.01. The summed E-state index contributed by atoms with van der Waals surface area (Å²) in [6.45, 7) is 5.12. The minimum atomic E-state index is 0.879. The topological polar surface area (TPSA) is 29.9 Å². The van der Waals surface area contributed by atoms with E-state index in [1.54, 1.807) is 0 Å². The van der Waals surface area contributed by atoms with E-state index < -0.39 is 0 Å². The Kier molecular flexibility index (Phi) is 3.25. The zero-order chi connectivity index (χ0) is 11.4. The summed E-state index contributed by atoms with van der Waals surface area (Å²) in [6.07, 6.45) is 4.85. The lowest BCUT2D eigenvalue weighted by atomic mass is 10.1. The van der Waals surface area contributed by atoms with Gasteiger partial charge in [-0.2, -0.15) is 0 Å². The molecule has 0 radical (unpaired) electrons. The van der Waals surface area contributed by atoms with Gasteiger partial charge < -0.3 is 5.32 Å². The molecule has 0 aliphatic rings. The van der Waals surface area contributed by atoms with Gasteiger partial charge >= 0.3 is 0 Å². The SMILES string of the molecule is CCNc1nccn1-c1cccc(CC)c1. The maximum Gasteiger partial charge on any atom is 0.207 e. The van der Waals surface area contributed by atoms with Gasteiger partial charge in [0.05, 0.1) is 0 Å². The molecule has 84 valence electrons. The number of nitrogens with zero attached hydrogens (tertiary/aromatic N) is 2. The van der Waals surface area contributed by atoms with Crippen molar-refractivity contribution in [3.8, 4) is 5.69 Å². The standard InChI is InChI=1S/C13H17N3/c1-3-11-6-5-7-12(10-11)16-9-8-15-13(16)14-4-2/h5-10H,3-4H2,1-2H3,(H,14,15). The van der Waals surface area contributed by atoms with Crippen molar-refractivity contribution in [1.29, 1.82) is 0 Å². The predicted octanol–water partition coefficient (Wildman–Crippen LogP) is 2.87. The Hall–Kier alpha value is -1.77. The van der Waals surface area contributed by atoms with Gasteiger partial charge in [-0.3, -0.25) is 4.57 Å². The highest BCUT2D eigenvalue weighted by molar-refractivity contribution is 5.43. The van der Waals surface area contributed by atoms with Crippen molar-refractivity contribution in [3.05, 3.63) is 42.2 Å². The van der Waals surface area contributed by atoms with Gasteiger partial charge in [0, 0.05) is 24.6 Å². The molecule has 16 heavy (non-hydrogen) atoms. The van der Waals surface area contributed by atoms with Crippen molar-refractivity contribution in [2.24, 2.45) is 0 Å². The third-order valence-electron chi connectivity index (χ3n) is 2.57. The van der Waals surface area contributed by atoms with Crippen LogP contribution in [0.25, 0.3) is 5.69 Å². The van der Waals surface area contributed by atoms with Crippen LogP contribution >= 0.6 is 0 Å². The van der Waals surface area contributed by atoms with Crippen LogP contribution in [0.1, 0.15) is 19.4 Å². The molecule has 0 saturated carbocycles. The quantitative estimate of drug-likeness (QED) is 0.850. The van der Waals surface area contributed by atoms with Crippen molar-refractivity contribution in [2.75, 3.05) is 11.9 Å². The predicted molar refractivity (Wildman–Crippen MR) is 67.1 cm³/mol. The summed E-state index contributed by atoms with van der Waals surface area (Å²) < 4.78 is 2.07. The lowest BCUT2D eigenvalue weighted by Gasteiger charge is -2.09. The molecule has 1 heterocycles. The average Bonchev–Trinajstić information content (AvgIpc) is 2.78. The molecule has 1 aromatic heterocycles. The van der Waals surface area contributed by atoms with Crippen LogP contribution in [-0.2, 0) is 6.42 Å². The van der Waals surface area contributed by atoms with Crippen LogP contribution in [0.2, 0.25) is 0 Å². The van der Waals surface area contributed by atoms with Crippen LogP contribution in [0.4, 0.5) is 5.95 Å². The first-order valence-corrected chi connectivity index (χ1v) is 5.71. The van der Waals surface area contributed by atoms with Gasteiger partial charge in [-0.25, -0.2) is 4.98 Å². The second kappa shape index (κ2) is 4.84. The number of anilines is 1. The summed E-state index contributed by atoms with van der Waals surface area (Å²) in [4.78, 5) is 4.29. The summed E-state index contributed by atoms with van der Waals surface area (Å²) in [6, 6.07) is 8.53. The fraction of sp³-hybridized carbons (Fsp3) is 0.308. The van der Waals surface area contributed by atoms with E-state index in [9.17, 15) is 0 Å². The molecule has 0 unspecified atom stereocenters. The smallest absolute Gasteiger partial charge is 0.207 e. The minimum Gasteiger partial charge on any atom is -0.356 e. The molecule has 2 rings (SSSR count). The highest BCUT2D eigenvalue weighted by Crippen LogP contribution is 2.15. The van der Waals surface area contributed by atoms with Crippen LogP contribution in [0.3, 0.4) is 0 Å². The molecule has 3 nitrogen and oxygen atoms in total. The molecule has 0 spiro atoms. The van der Waals surface area contributed by atoms with E-state index in [2.05, 4.69) is 53.0 Å². The van der Waals surface area contributed by atoms with Gasteiger partial charge in [0.25, 0.3) is 0 Å². The van der Waals surface area contributed by atoms with Crippen molar-refractivity contribution < 1.29 is 0 Å². The van der Waals surface area contributed by atoms with Crippen LogP contribution in [0.5, 0.6) is 0 Å². The molecule has 0 fully saturated rings. The van der Waals surface area contributed by atoms with Gasteiger partial charge in [-0.15, -0.1) is 0 Å². The molecule has 3 heteroatoms. The zero-order valence-electron chi connectivity index (χ0n) is 9.77. The van der Waals surface area contributed by atoms with Gasteiger partial charge in [0.15, 0.2) is 0 Å².